The lowest BCUT2D eigenvalue weighted by Crippen LogP contribution is -2.60. The molecule has 0 radical (unpaired) electrons. The number of benzene rings is 1. The Bertz CT molecular complexity index is 523. The van der Waals surface area contributed by atoms with Crippen LogP contribution in [0.15, 0.2) is 12.1 Å². The minimum Gasteiger partial charge on any atom is -0.493 e. The molecule has 9 heteroatoms. The molecule has 1 aliphatic heterocycles. The van der Waals surface area contributed by atoms with Crippen LogP contribution in [0.3, 0.4) is 0 Å². The third-order valence-electron chi connectivity index (χ3n) is 3.74. The molecule has 5 atom stereocenters. The summed E-state index contributed by atoms with van der Waals surface area (Å²) in [6.45, 7) is -0.542. The van der Waals surface area contributed by atoms with E-state index in [1.54, 1.807) is 0 Å². The van der Waals surface area contributed by atoms with Crippen molar-refractivity contribution in [1.82, 2.24) is 0 Å². The third-order valence-corrected chi connectivity index (χ3v) is 3.74. The van der Waals surface area contributed by atoms with Crippen molar-refractivity contribution in [2.45, 2.75) is 30.7 Å². The second-order valence-electron chi connectivity index (χ2n) is 5.18. The van der Waals surface area contributed by atoms with Gasteiger partial charge in [0.2, 0.25) is 12.0 Å². The van der Waals surface area contributed by atoms with Crippen molar-refractivity contribution in [3.8, 4) is 23.0 Å². The summed E-state index contributed by atoms with van der Waals surface area (Å²) in [7, 11) is 4.34. The molecule has 4 N–H and O–H groups in total. The molecule has 9 nitrogen and oxygen atoms in total. The van der Waals surface area contributed by atoms with Gasteiger partial charge in [-0.1, -0.05) is 0 Å². The van der Waals surface area contributed by atoms with Crippen LogP contribution in [0.5, 0.6) is 23.0 Å². The second kappa shape index (κ2) is 7.86. The molecule has 1 fully saturated rings. The van der Waals surface area contributed by atoms with Gasteiger partial charge in [0.15, 0.2) is 11.5 Å². The third kappa shape index (κ3) is 3.50. The topological polar surface area (TPSA) is 127 Å². The fraction of sp³-hybridized carbons (Fsp3) is 0.600. The Balaban J connectivity index is 2.26. The van der Waals surface area contributed by atoms with Gasteiger partial charge in [0.1, 0.15) is 30.2 Å². The summed E-state index contributed by atoms with van der Waals surface area (Å²) in [5.74, 6) is 1.24. The largest absolute Gasteiger partial charge is 0.493 e. The number of hydrogen-bond acceptors (Lipinski definition) is 9. The van der Waals surface area contributed by atoms with E-state index >= 15 is 0 Å². The van der Waals surface area contributed by atoms with E-state index in [4.69, 9.17) is 23.7 Å². The summed E-state index contributed by atoms with van der Waals surface area (Å²) >= 11 is 0. The van der Waals surface area contributed by atoms with E-state index in [9.17, 15) is 20.4 Å². The van der Waals surface area contributed by atoms with Crippen molar-refractivity contribution in [3.63, 3.8) is 0 Å². The standard InChI is InChI=1S/C15H22O9/c1-20-8-4-7(5-9(21-2)14(8)22-3)23-15-13(19)12(18)11(17)10(6-16)24-15/h4-5,10-13,15-19H,6H2,1-3H3/t10-,11-,12+,13-,15?/m1/s1. The Kier molecular flexibility index (Phi) is 6.08. The van der Waals surface area contributed by atoms with Crippen molar-refractivity contribution in [1.29, 1.82) is 0 Å². The molecule has 0 aliphatic carbocycles. The first kappa shape index (κ1) is 18.6. The Labute approximate surface area is 138 Å². The summed E-state index contributed by atoms with van der Waals surface area (Å²) in [6, 6.07) is 2.98. The predicted octanol–water partition coefficient (Wildman–Crippen LogP) is -1.11. The summed E-state index contributed by atoms with van der Waals surface area (Å²) in [6.07, 6.45) is -6.85. The molecule has 1 heterocycles. The molecule has 0 saturated carbocycles. The summed E-state index contributed by atoms with van der Waals surface area (Å²) in [4.78, 5) is 0. The fourth-order valence-electron chi connectivity index (χ4n) is 2.42. The average molecular weight is 346 g/mol. The molecular weight excluding hydrogens is 324 g/mol. The van der Waals surface area contributed by atoms with E-state index in [-0.39, 0.29) is 5.75 Å². The van der Waals surface area contributed by atoms with Gasteiger partial charge in [0.25, 0.3) is 0 Å². The molecule has 1 aromatic carbocycles. The van der Waals surface area contributed by atoms with Crippen LogP contribution in [0, 0.1) is 0 Å². The van der Waals surface area contributed by atoms with Gasteiger partial charge in [-0.25, -0.2) is 0 Å². The predicted molar refractivity (Wildman–Crippen MR) is 80.5 cm³/mol. The zero-order chi connectivity index (χ0) is 17.9. The Morgan fingerprint density at radius 1 is 0.917 bits per heavy atom. The monoisotopic (exact) mass is 346 g/mol. The van der Waals surface area contributed by atoms with Crippen LogP contribution in [-0.4, -0.2) is 79.1 Å². The molecule has 1 unspecified atom stereocenters. The van der Waals surface area contributed by atoms with Crippen molar-refractivity contribution in [2.24, 2.45) is 0 Å². The van der Waals surface area contributed by atoms with Crippen LogP contribution >= 0.6 is 0 Å². The van der Waals surface area contributed by atoms with Gasteiger partial charge in [-0.2, -0.15) is 0 Å². The number of ether oxygens (including phenoxy) is 5. The minimum absolute atomic E-state index is 0.217. The summed E-state index contributed by atoms with van der Waals surface area (Å²) < 4.78 is 26.4. The van der Waals surface area contributed by atoms with E-state index in [2.05, 4.69) is 0 Å². The second-order valence-corrected chi connectivity index (χ2v) is 5.18. The molecule has 1 saturated heterocycles. The van der Waals surface area contributed by atoms with Crippen molar-refractivity contribution < 1.29 is 44.1 Å². The molecule has 24 heavy (non-hydrogen) atoms. The van der Waals surface area contributed by atoms with E-state index < -0.39 is 37.3 Å². The van der Waals surface area contributed by atoms with Gasteiger partial charge in [0, 0.05) is 12.1 Å². The summed E-state index contributed by atoms with van der Waals surface area (Å²) in [5, 5.41) is 38.8. The Morgan fingerprint density at radius 3 is 1.96 bits per heavy atom. The minimum atomic E-state index is -1.53. The van der Waals surface area contributed by atoms with Gasteiger partial charge in [0.05, 0.1) is 27.9 Å². The smallest absolute Gasteiger partial charge is 0.229 e. The zero-order valence-corrected chi connectivity index (χ0v) is 13.6. The number of rotatable bonds is 6. The highest BCUT2D eigenvalue weighted by Gasteiger charge is 2.44. The SMILES string of the molecule is COc1cc(OC2O[C@H](CO)[C@@H](O)[C@H](O)[C@H]2O)cc(OC)c1OC. The first-order chi connectivity index (χ1) is 11.5. The van der Waals surface area contributed by atoms with Gasteiger partial charge in [-0.05, 0) is 0 Å². The van der Waals surface area contributed by atoms with Crippen LogP contribution in [-0.2, 0) is 4.74 Å². The van der Waals surface area contributed by atoms with Gasteiger partial charge in [-0.3, -0.25) is 0 Å². The lowest BCUT2D eigenvalue weighted by molar-refractivity contribution is -0.277. The van der Waals surface area contributed by atoms with Crippen molar-refractivity contribution in [2.75, 3.05) is 27.9 Å². The highest BCUT2D eigenvalue weighted by molar-refractivity contribution is 5.55. The van der Waals surface area contributed by atoms with Gasteiger partial charge >= 0.3 is 0 Å². The maximum atomic E-state index is 10.0. The molecule has 1 aliphatic rings. The fourth-order valence-corrected chi connectivity index (χ4v) is 2.42. The molecule has 0 bridgehead atoms. The van der Waals surface area contributed by atoms with E-state index in [1.807, 2.05) is 0 Å². The number of hydrogen-bond donors (Lipinski definition) is 4. The molecule has 0 amide bonds. The first-order valence-electron chi connectivity index (χ1n) is 7.24. The van der Waals surface area contributed by atoms with Crippen LogP contribution in [0.25, 0.3) is 0 Å². The highest BCUT2D eigenvalue weighted by atomic mass is 16.7. The molecule has 0 aromatic heterocycles. The molecule has 136 valence electrons. The number of aliphatic hydroxyl groups is 4. The van der Waals surface area contributed by atoms with E-state index in [0.717, 1.165) is 0 Å². The lowest BCUT2D eigenvalue weighted by Gasteiger charge is -2.39. The van der Waals surface area contributed by atoms with E-state index in [1.165, 1.54) is 33.5 Å². The van der Waals surface area contributed by atoms with Crippen LogP contribution in [0.4, 0.5) is 0 Å². The van der Waals surface area contributed by atoms with E-state index in [0.29, 0.717) is 17.2 Å². The molecular formula is C15H22O9. The first-order valence-corrected chi connectivity index (χ1v) is 7.24. The van der Waals surface area contributed by atoms with Crippen molar-refractivity contribution in [3.05, 3.63) is 12.1 Å². The average Bonchev–Trinajstić information content (AvgIpc) is 2.61. The normalized spacial score (nSPS) is 29.9. The highest BCUT2D eigenvalue weighted by Crippen LogP contribution is 2.41. The maximum absolute atomic E-state index is 10.0. The zero-order valence-electron chi connectivity index (χ0n) is 13.6. The lowest BCUT2D eigenvalue weighted by atomic mass is 9.99. The van der Waals surface area contributed by atoms with Gasteiger partial charge in [-0.15, -0.1) is 0 Å². The number of methoxy groups -OCH3 is 3. The van der Waals surface area contributed by atoms with Crippen molar-refractivity contribution >= 4 is 0 Å². The Hall–Kier alpha value is -1.78. The van der Waals surface area contributed by atoms with Gasteiger partial charge < -0.3 is 44.1 Å². The Morgan fingerprint density at radius 2 is 1.50 bits per heavy atom. The van der Waals surface area contributed by atoms with Crippen LogP contribution < -0.4 is 18.9 Å². The maximum Gasteiger partial charge on any atom is 0.229 e. The molecule has 2 rings (SSSR count). The van der Waals surface area contributed by atoms with Crippen LogP contribution in [0.1, 0.15) is 0 Å². The van der Waals surface area contributed by atoms with Crippen LogP contribution in [0.2, 0.25) is 0 Å². The quantitative estimate of drug-likeness (QED) is 0.507. The molecule has 0 spiro atoms. The summed E-state index contributed by atoms with van der Waals surface area (Å²) in [5.41, 5.74) is 0. The number of aliphatic hydroxyl groups excluding tert-OH is 4. The molecule has 1 aromatic rings.